The van der Waals surface area contributed by atoms with Gasteiger partial charge in [0.15, 0.2) is 0 Å². The highest BCUT2D eigenvalue weighted by atomic mass is 32.2. The molecule has 0 spiro atoms. The number of hydroxylamine groups is 2. The molecular weight excluding hydrogens is 464 g/mol. The maximum Gasteiger partial charge on any atom is 0.264 e. The minimum Gasteiger partial charge on any atom is -0.762 e. The van der Waals surface area contributed by atoms with Gasteiger partial charge in [0, 0.05) is 25.6 Å². The van der Waals surface area contributed by atoms with Crippen molar-refractivity contribution in [3.8, 4) is 0 Å². The lowest BCUT2D eigenvalue weighted by Gasteiger charge is -2.26. The number of benzene rings is 2. The molecule has 1 saturated carbocycles. The monoisotopic (exact) mass is 499 g/mol. The third-order valence-electron chi connectivity index (χ3n) is 6.81. The van der Waals surface area contributed by atoms with Gasteiger partial charge in [0.1, 0.15) is 5.82 Å². The van der Waals surface area contributed by atoms with E-state index in [-0.39, 0.29) is 22.1 Å². The van der Waals surface area contributed by atoms with Crippen molar-refractivity contribution < 1.29 is 13.6 Å². The summed E-state index contributed by atoms with van der Waals surface area (Å²) in [5, 5.41) is 19.7. The summed E-state index contributed by atoms with van der Waals surface area (Å²) in [4.78, 5) is 5.02. The van der Waals surface area contributed by atoms with Crippen LogP contribution in [0, 0.1) is 11.1 Å². The Morgan fingerprint density at radius 2 is 1.83 bits per heavy atom. The lowest BCUT2D eigenvalue weighted by molar-refractivity contribution is -0.0488. The zero-order valence-corrected chi connectivity index (χ0v) is 21.8. The molecule has 35 heavy (non-hydrogen) atoms. The average Bonchev–Trinajstić information content (AvgIpc) is 3.17. The molecule has 0 aliphatic heterocycles. The van der Waals surface area contributed by atoms with Gasteiger partial charge in [-0.2, -0.15) is 0 Å². The SMILES string of the molecule is CN(c1ccc2c(c1)nc(C(C)(C)C)n2CC1CCCCC1)S(=O)(=O)c1cccc(CN([O-])O)c1. The summed E-state index contributed by atoms with van der Waals surface area (Å²) in [7, 11) is -2.36. The molecular formula is C26H35N4O4S-. The van der Waals surface area contributed by atoms with Gasteiger partial charge in [-0.05, 0) is 54.7 Å². The lowest BCUT2D eigenvalue weighted by atomic mass is 9.88. The Kier molecular flexibility index (Phi) is 7.24. The number of fused-ring (bicyclic) bond motifs is 1. The zero-order chi connectivity index (χ0) is 25.4. The Labute approximate surface area is 207 Å². The molecule has 1 aliphatic rings. The van der Waals surface area contributed by atoms with E-state index in [1.165, 1.54) is 55.6 Å². The smallest absolute Gasteiger partial charge is 0.264 e. The van der Waals surface area contributed by atoms with Crippen LogP contribution in [-0.4, -0.2) is 35.5 Å². The molecule has 9 heteroatoms. The Hall–Kier alpha value is -2.46. The first-order valence-corrected chi connectivity index (χ1v) is 13.6. The van der Waals surface area contributed by atoms with Crippen molar-refractivity contribution in [2.45, 2.75) is 76.3 Å². The number of rotatable bonds is 7. The number of hydrogen-bond donors (Lipinski definition) is 1. The standard InChI is InChI=1S/C26H35N4O4S/c1-26(2,3)25-27-23-16-21(13-14-24(23)29(25)17-19-9-6-5-7-10-19)28(4)35(33,34)22-12-8-11-20(15-22)18-30(31)32/h8,11-16,19,31H,5-7,9-10,17-18H2,1-4H3/q-1. The molecule has 0 unspecified atom stereocenters. The first kappa shape index (κ1) is 25.6. The predicted molar refractivity (Wildman–Crippen MR) is 138 cm³/mol. The van der Waals surface area contributed by atoms with Crippen LogP contribution in [0.25, 0.3) is 11.0 Å². The fraction of sp³-hybridized carbons (Fsp3) is 0.500. The summed E-state index contributed by atoms with van der Waals surface area (Å²) in [6.45, 7) is 7.10. The second-order valence-corrected chi connectivity index (χ2v) is 12.6. The maximum atomic E-state index is 13.3. The van der Waals surface area contributed by atoms with Crippen LogP contribution in [-0.2, 0) is 28.5 Å². The van der Waals surface area contributed by atoms with Gasteiger partial charge in [0.2, 0.25) is 0 Å². The molecule has 1 heterocycles. The van der Waals surface area contributed by atoms with Crippen molar-refractivity contribution in [1.82, 2.24) is 14.8 Å². The van der Waals surface area contributed by atoms with Crippen molar-refractivity contribution >= 4 is 26.7 Å². The molecule has 0 atom stereocenters. The number of hydrogen-bond acceptors (Lipinski definition) is 6. The van der Waals surface area contributed by atoms with Crippen LogP contribution < -0.4 is 4.31 Å². The van der Waals surface area contributed by atoms with Gasteiger partial charge in [-0.15, -0.1) is 0 Å². The zero-order valence-electron chi connectivity index (χ0n) is 20.9. The van der Waals surface area contributed by atoms with E-state index in [0.717, 1.165) is 23.4 Å². The molecule has 1 fully saturated rings. The third kappa shape index (κ3) is 5.53. The van der Waals surface area contributed by atoms with Crippen LogP contribution in [0.3, 0.4) is 0 Å². The van der Waals surface area contributed by atoms with Gasteiger partial charge < -0.3 is 15.0 Å². The molecule has 8 nitrogen and oxygen atoms in total. The van der Waals surface area contributed by atoms with Crippen molar-refractivity contribution in [1.29, 1.82) is 0 Å². The van der Waals surface area contributed by atoms with Gasteiger partial charge in [-0.1, -0.05) is 52.2 Å². The van der Waals surface area contributed by atoms with Gasteiger partial charge in [-0.25, -0.2) is 13.4 Å². The first-order valence-electron chi connectivity index (χ1n) is 12.2. The summed E-state index contributed by atoms with van der Waals surface area (Å²) in [6.07, 6.45) is 6.35. The third-order valence-corrected chi connectivity index (χ3v) is 8.59. The number of sulfonamides is 1. The van der Waals surface area contributed by atoms with Crippen molar-refractivity contribution in [2.75, 3.05) is 11.4 Å². The molecule has 0 radical (unpaired) electrons. The fourth-order valence-corrected chi connectivity index (χ4v) is 6.21. The summed E-state index contributed by atoms with van der Waals surface area (Å²) in [5.41, 5.74) is 2.58. The second kappa shape index (κ2) is 9.89. The van der Waals surface area contributed by atoms with Crippen LogP contribution >= 0.6 is 0 Å². The van der Waals surface area contributed by atoms with Crippen LogP contribution in [0.5, 0.6) is 0 Å². The minimum atomic E-state index is -3.88. The summed E-state index contributed by atoms with van der Waals surface area (Å²) in [5.74, 6) is 1.65. The molecule has 190 valence electrons. The molecule has 1 aromatic heterocycles. The van der Waals surface area contributed by atoms with E-state index in [2.05, 4.69) is 25.3 Å². The molecule has 0 saturated heterocycles. The van der Waals surface area contributed by atoms with Crippen LogP contribution in [0.2, 0.25) is 0 Å². The van der Waals surface area contributed by atoms with Gasteiger partial charge in [-0.3, -0.25) is 9.53 Å². The topological polar surface area (TPSA) is 102 Å². The lowest BCUT2D eigenvalue weighted by Crippen LogP contribution is -2.26. The van der Waals surface area contributed by atoms with E-state index in [9.17, 15) is 13.6 Å². The minimum absolute atomic E-state index is 0.0534. The molecule has 2 aromatic carbocycles. The quantitative estimate of drug-likeness (QED) is 0.435. The van der Waals surface area contributed by atoms with Crippen molar-refractivity contribution in [2.24, 2.45) is 5.92 Å². The molecule has 4 rings (SSSR count). The number of aromatic nitrogens is 2. The van der Waals surface area contributed by atoms with E-state index in [1.54, 1.807) is 12.1 Å². The Bertz CT molecular complexity index is 1290. The van der Waals surface area contributed by atoms with E-state index < -0.39 is 10.0 Å². The van der Waals surface area contributed by atoms with Crippen LogP contribution in [0.4, 0.5) is 5.69 Å². The van der Waals surface area contributed by atoms with Crippen LogP contribution in [0.15, 0.2) is 47.4 Å². The summed E-state index contributed by atoms with van der Waals surface area (Å²) < 4.78 is 30.3. The van der Waals surface area contributed by atoms with Crippen molar-refractivity contribution in [3.05, 3.63) is 59.1 Å². The second-order valence-electron chi connectivity index (χ2n) is 10.6. The van der Waals surface area contributed by atoms with Gasteiger partial charge >= 0.3 is 0 Å². The van der Waals surface area contributed by atoms with Crippen LogP contribution in [0.1, 0.15) is 64.3 Å². The van der Waals surface area contributed by atoms with Gasteiger partial charge in [0.25, 0.3) is 10.0 Å². The summed E-state index contributed by atoms with van der Waals surface area (Å²) in [6, 6.07) is 11.7. The van der Waals surface area contributed by atoms with E-state index >= 15 is 0 Å². The largest absolute Gasteiger partial charge is 0.762 e. The van der Waals surface area contributed by atoms with E-state index in [0.29, 0.717) is 17.2 Å². The number of anilines is 1. The average molecular weight is 500 g/mol. The maximum absolute atomic E-state index is 13.3. The highest BCUT2D eigenvalue weighted by molar-refractivity contribution is 7.92. The van der Waals surface area contributed by atoms with E-state index in [4.69, 9.17) is 10.2 Å². The first-order chi connectivity index (χ1) is 16.5. The highest BCUT2D eigenvalue weighted by Crippen LogP contribution is 2.33. The molecule has 3 aromatic rings. The van der Waals surface area contributed by atoms with Gasteiger partial charge in [0.05, 0.1) is 21.6 Å². The van der Waals surface area contributed by atoms with Crippen molar-refractivity contribution in [3.63, 3.8) is 0 Å². The molecule has 0 amide bonds. The normalized spacial score (nSPS) is 15.7. The Morgan fingerprint density at radius 3 is 2.49 bits per heavy atom. The Balaban J connectivity index is 1.70. The fourth-order valence-electron chi connectivity index (χ4n) is 4.96. The number of imidazole rings is 1. The summed E-state index contributed by atoms with van der Waals surface area (Å²) >= 11 is 0. The molecule has 0 bridgehead atoms. The number of nitrogens with zero attached hydrogens (tertiary/aromatic N) is 4. The van der Waals surface area contributed by atoms with E-state index in [1.807, 2.05) is 18.2 Å². The molecule has 1 aliphatic carbocycles. The highest BCUT2D eigenvalue weighted by Gasteiger charge is 2.27. The predicted octanol–water partition coefficient (Wildman–Crippen LogP) is 5.43. The molecule has 1 N–H and O–H groups in total. The Morgan fingerprint density at radius 1 is 1.11 bits per heavy atom.